The molecule has 2 aromatic carbocycles. The third-order valence-electron chi connectivity index (χ3n) is 4.66. The summed E-state index contributed by atoms with van der Waals surface area (Å²) in [4.78, 5) is 12.4. The van der Waals surface area contributed by atoms with Crippen molar-refractivity contribution in [1.82, 2.24) is 0 Å². The van der Waals surface area contributed by atoms with Crippen LogP contribution in [0.2, 0.25) is 0 Å². The fraction of sp³-hybridized carbons (Fsp3) is 0.286. The Morgan fingerprint density at radius 2 is 1.86 bits per heavy atom. The molecule has 1 atom stereocenters. The van der Waals surface area contributed by atoms with Gasteiger partial charge in [0, 0.05) is 12.1 Å². The van der Waals surface area contributed by atoms with Crippen LogP contribution in [0.25, 0.3) is 0 Å². The largest absolute Gasteiger partial charge is 0.497 e. The molecule has 29 heavy (non-hydrogen) atoms. The number of hydrogen-bond donors (Lipinski definition) is 2. The Morgan fingerprint density at radius 3 is 2.48 bits per heavy atom. The van der Waals surface area contributed by atoms with Gasteiger partial charge < -0.3 is 14.8 Å². The zero-order chi connectivity index (χ0) is 20.9. The van der Waals surface area contributed by atoms with Gasteiger partial charge in [-0.15, -0.1) is 0 Å². The number of carbonyl (C=O) groups is 1. The highest BCUT2D eigenvalue weighted by Crippen LogP contribution is 2.30. The summed E-state index contributed by atoms with van der Waals surface area (Å²) >= 11 is 0. The van der Waals surface area contributed by atoms with Crippen molar-refractivity contribution < 1.29 is 22.7 Å². The molecular weight excluding hydrogens is 392 g/mol. The molecule has 2 aromatic rings. The molecule has 0 saturated heterocycles. The third kappa shape index (κ3) is 5.29. The number of nitrogens with one attached hydrogen (secondary N) is 2. The highest BCUT2D eigenvalue weighted by molar-refractivity contribution is 7.92. The predicted octanol–water partition coefficient (Wildman–Crippen LogP) is 3.80. The van der Waals surface area contributed by atoms with Gasteiger partial charge in [-0.1, -0.05) is 12.2 Å². The normalized spacial score (nSPS) is 15.7. The van der Waals surface area contributed by atoms with Crippen molar-refractivity contribution >= 4 is 27.3 Å². The van der Waals surface area contributed by atoms with Crippen LogP contribution in [0, 0.1) is 5.92 Å². The molecule has 0 radical (unpaired) electrons. The van der Waals surface area contributed by atoms with E-state index < -0.39 is 10.0 Å². The van der Waals surface area contributed by atoms with E-state index in [0.29, 0.717) is 29.3 Å². The van der Waals surface area contributed by atoms with Crippen molar-refractivity contribution in [2.45, 2.75) is 24.2 Å². The average Bonchev–Trinajstić information content (AvgIpc) is 3.21. The minimum absolute atomic E-state index is 0.0187. The van der Waals surface area contributed by atoms with Gasteiger partial charge in [-0.05, 0) is 61.2 Å². The lowest BCUT2D eigenvalue weighted by Gasteiger charge is -2.14. The summed E-state index contributed by atoms with van der Waals surface area (Å²) in [6.07, 6.45) is 6.38. The lowest BCUT2D eigenvalue weighted by molar-refractivity contribution is -0.116. The zero-order valence-corrected chi connectivity index (χ0v) is 17.2. The minimum atomic E-state index is -3.85. The minimum Gasteiger partial charge on any atom is -0.497 e. The number of sulfonamides is 1. The second-order valence-electron chi connectivity index (χ2n) is 6.71. The zero-order valence-electron chi connectivity index (χ0n) is 16.3. The topological polar surface area (TPSA) is 93.7 Å². The lowest BCUT2D eigenvalue weighted by Crippen LogP contribution is -2.17. The molecule has 0 heterocycles. The maximum Gasteiger partial charge on any atom is 0.261 e. The van der Waals surface area contributed by atoms with Crippen LogP contribution >= 0.6 is 0 Å². The van der Waals surface area contributed by atoms with Crippen LogP contribution in [-0.2, 0) is 14.8 Å². The monoisotopic (exact) mass is 416 g/mol. The van der Waals surface area contributed by atoms with E-state index in [-0.39, 0.29) is 16.7 Å². The number of amides is 1. The molecule has 0 aromatic heterocycles. The van der Waals surface area contributed by atoms with E-state index in [9.17, 15) is 13.2 Å². The van der Waals surface area contributed by atoms with Crippen molar-refractivity contribution in [2.24, 2.45) is 5.92 Å². The molecule has 7 nitrogen and oxygen atoms in total. The van der Waals surface area contributed by atoms with Gasteiger partial charge >= 0.3 is 0 Å². The van der Waals surface area contributed by atoms with Gasteiger partial charge in [-0.2, -0.15) is 0 Å². The van der Waals surface area contributed by atoms with Crippen LogP contribution in [0.1, 0.15) is 19.3 Å². The molecule has 1 amide bonds. The highest BCUT2D eigenvalue weighted by atomic mass is 32.2. The van der Waals surface area contributed by atoms with Crippen molar-refractivity contribution in [3.63, 3.8) is 0 Å². The fourth-order valence-electron chi connectivity index (χ4n) is 3.13. The molecule has 0 aliphatic heterocycles. The van der Waals surface area contributed by atoms with Gasteiger partial charge in [0.05, 0.1) is 24.8 Å². The maximum atomic E-state index is 12.8. The Morgan fingerprint density at radius 1 is 1.10 bits per heavy atom. The van der Waals surface area contributed by atoms with E-state index in [4.69, 9.17) is 9.47 Å². The number of carbonyl (C=O) groups excluding carboxylic acids is 1. The third-order valence-corrected chi connectivity index (χ3v) is 6.04. The molecule has 1 aliphatic rings. The first-order valence-corrected chi connectivity index (χ1v) is 10.7. The number of rotatable bonds is 8. The first-order valence-electron chi connectivity index (χ1n) is 9.22. The lowest BCUT2D eigenvalue weighted by atomic mass is 10.1. The van der Waals surface area contributed by atoms with E-state index in [1.54, 1.807) is 24.3 Å². The van der Waals surface area contributed by atoms with Crippen molar-refractivity contribution in [3.05, 3.63) is 54.6 Å². The molecule has 1 aliphatic carbocycles. The van der Waals surface area contributed by atoms with Gasteiger partial charge in [-0.25, -0.2) is 8.42 Å². The maximum absolute atomic E-state index is 12.8. The first-order chi connectivity index (χ1) is 13.9. The Balaban J connectivity index is 1.78. The van der Waals surface area contributed by atoms with Gasteiger partial charge in [-0.3, -0.25) is 9.52 Å². The summed E-state index contributed by atoms with van der Waals surface area (Å²) in [5.74, 6) is 1.05. The number of allylic oxidation sites excluding steroid dienone is 2. The summed E-state index contributed by atoms with van der Waals surface area (Å²) in [5, 5.41) is 2.77. The smallest absolute Gasteiger partial charge is 0.261 e. The van der Waals surface area contributed by atoms with Crippen LogP contribution in [0.3, 0.4) is 0 Å². The summed E-state index contributed by atoms with van der Waals surface area (Å²) in [6, 6.07) is 10.9. The van der Waals surface area contributed by atoms with Gasteiger partial charge in [0.1, 0.15) is 11.5 Å². The Bertz CT molecular complexity index is 1000. The summed E-state index contributed by atoms with van der Waals surface area (Å²) in [7, 11) is -0.844. The average molecular weight is 416 g/mol. The number of hydrogen-bond acceptors (Lipinski definition) is 5. The molecule has 154 valence electrons. The second-order valence-corrected chi connectivity index (χ2v) is 8.40. The van der Waals surface area contributed by atoms with E-state index in [1.807, 2.05) is 6.08 Å². The van der Waals surface area contributed by atoms with Crippen molar-refractivity contribution in [3.8, 4) is 11.5 Å². The molecule has 0 spiro atoms. The van der Waals surface area contributed by atoms with Gasteiger partial charge in [0.25, 0.3) is 10.0 Å². The molecule has 0 saturated carbocycles. The van der Waals surface area contributed by atoms with Crippen LogP contribution in [0.15, 0.2) is 59.5 Å². The molecular formula is C21H24N2O5S. The summed E-state index contributed by atoms with van der Waals surface area (Å²) in [6.45, 7) is 0. The second kappa shape index (κ2) is 9.00. The fourth-order valence-corrected chi connectivity index (χ4v) is 4.21. The molecule has 3 rings (SSSR count). The van der Waals surface area contributed by atoms with Crippen LogP contribution in [-0.4, -0.2) is 28.5 Å². The molecule has 8 heteroatoms. The standard InChI is InChI=1S/C21H24N2O5S/c1-27-17-9-7-16(8-10-17)23-29(25,26)18-11-12-20(28-2)19(14-18)22-21(24)13-15-5-3-4-6-15/h3,5,7-12,14-15,23H,4,6,13H2,1-2H3,(H,22,24)/t15-/m1/s1. The van der Waals surface area contributed by atoms with Crippen LogP contribution in [0.5, 0.6) is 11.5 Å². The summed E-state index contributed by atoms with van der Waals surface area (Å²) in [5.41, 5.74) is 0.720. The molecule has 2 N–H and O–H groups in total. The number of benzene rings is 2. The van der Waals surface area contributed by atoms with E-state index in [0.717, 1.165) is 12.8 Å². The van der Waals surface area contributed by atoms with Crippen molar-refractivity contribution in [1.29, 1.82) is 0 Å². The number of ether oxygens (including phenoxy) is 2. The molecule has 0 bridgehead atoms. The van der Waals surface area contributed by atoms with E-state index in [2.05, 4.69) is 16.1 Å². The Hall–Kier alpha value is -3.00. The van der Waals surface area contributed by atoms with Crippen LogP contribution < -0.4 is 19.5 Å². The number of anilines is 2. The number of methoxy groups -OCH3 is 2. The van der Waals surface area contributed by atoms with E-state index >= 15 is 0 Å². The first kappa shape index (κ1) is 20.7. The SMILES string of the molecule is COc1ccc(NS(=O)(=O)c2ccc(OC)c(NC(=O)C[C@@H]3C=CCC3)c2)cc1. The highest BCUT2D eigenvalue weighted by Gasteiger charge is 2.19. The van der Waals surface area contributed by atoms with E-state index in [1.165, 1.54) is 32.4 Å². The summed E-state index contributed by atoms with van der Waals surface area (Å²) < 4.78 is 38.4. The quantitative estimate of drug-likeness (QED) is 0.639. The molecule has 0 fully saturated rings. The molecule has 0 unspecified atom stereocenters. The Labute approximate surface area is 170 Å². The van der Waals surface area contributed by atoms with Gasteiger partial charge in [0.2, 0.25) is 5.91 Å². The van der Waals surface area contributed by atoms with Crippen LogP contribution in [0.4, 0.5) is 11.4 Å². The van der Waals surface area contributed by atoms with Crippen molar-refractivity contribution in [2.75, 3.05) is 24.3 Å². The van der Waals surface area contributed by atoms with Gasteiger partial charge in [0.15, 0.2) is 0 Å². The Kier molecular flexibility index (Phi) is 6.43. The predicted molar refractivity (Wildman–Crippen MR) is 112 cm³/mol.